The molecule has 2 N–H and O–H groups in total. The van der Waals surface area contributed by atoms with Crippen molar-refractivity contribution < 1.29 is 4.79 Å². The lowest BCUT2D eigenvalue weighted by molar-refractivity contribution is -0.124. The summed E-state index contributed by atoms with van der Waals surface area (Å²) < 4.78 is 1.06. The molecule has 2 fully saturated rings. The van der Waals surface area contributed by atoms with Crippen LogP contribution >= 0.6 is 15.9 Å². The molecule has 1 amide bonds. The molecule has 0 aliphatic carbocycles. The van der Waals surface area contributed by atoms with Gasteiger partial charge in [-0.05, 0) is 31.2 Å². The second-order valence-corrected chi connectivity index (χ2v) is 6.90. The van der Waals surface area contributed by atoms with Crippen LogP contribution < -0.4 is 5.32 Å². The standard InChI is InChI=1S/C15H17BrN4O/c16-10-1-2-12-13(5-10)19-14(18-12)8-20-4-3-11-9(7-20)6-17-15(11)21/h1-2,5,9,11H,3-4,6-8H2,(H,17,21)(H,18,19)/t9-,11+/m0/s1. The molecule has 2 aliphatic rings. The summed E-state index contributed by atoms with van der Waals surface area (Å²) in [5.41, 5.74) is 2.06. The lowest BCUT2D eigenvalue weighted by Gasteiger charge is -2.32. The molecule has 2 saturated heterocycles. The van der Waals surface area contributed by atoms with Gasteiger partial charge in [-0.1, -0.05) is 15.9 Å². The van der Waals surface area contributed by atoms with Crippen LogP contribution in [0.5, 0.6) is 0 Å². The molecule has 0 saturated carbocycles. The summed E-state index contributed by atoms with van der Waals surface area (Å²) in [6.07, 6.45) is 0.961. The van der Waals surface area contributed by atoms with Gasteiger partial charge in [-0.25, -0.2) is 4.98 Å². The Hall–Kier alpha value is -1.40. The molecular weight excluding hydrogens is 332 g/mol. The van der Waals surface area contributed by atoms with Gasteiger partial charge in [0, 0.05) is 29.4 Å². The summed E-state index contributed by atoms with van der Waals surface area (Å²) in [5.74, 6) is 1.93. The first kappa shape index (κ1) is 13.3. The fourth-order valence-corrected chi connectivity index (χ4v) is 3.85. The summed E-state index contributed by atoms with van der Waals surface area (Å²) in [4.78, 5) is 22.1. The maximum atomic E-state index is 11.7. The number of piperidine rings is 1. The molecule has 1 aromatic heterocycles. The van der Waals surface area contributed by atoms with Crippen LogP contribution in [-0.4, -0.2) is 40.4 Å². The summed E-state index contributed by atoms with van der Waals surface area (Å²) in [7, 11) is 0. The van der Waals surface area contributed by atoms with Crippen LogP contribution in [0.2, 0.25) is 0 Å². The first-order chi connectivity index (χ1) is 10.2. The molecular formula is C15H17BrN4O. The SMILES string of the molecule is O=C1NC[C@H]2CN(Cc3nc4ccc(Br)cc4[nH]3)CC[C@@H]12. The molecule has 1 aromatic carbocycles. The number of likely N-dealkylation sites (tertiary alicyclic amines) is 1. The number of amides is 1. The number of aromatic nitrogens is 2. The molecule has 2 aromatic rings. The Bertz CT molecular complexity index is 698. The van der Waals surface area contributed by atoms with Gasteiger partial charge in [-0.15, -0.1) is 0 Å². The number of carbonyl (C=O) groups excluding carboxylic acids is 1. The van der Waals surface area contributed by atoms with Gasteiger partial charge in [0.2, 0.25) is 5.91 Å². The molecule has 4 rings (SSSR count). The third-order valence-electron chi connectivity index (χ3n) is 4.56. The highest BCUT2D eigenvalue weighted by Crippen LogP contribution is 2.28. The lowest BCUT2D eigenvalue weighted by Crippen LogP contribution is -2.40. The molecule has 5 nitrogen and oxygen atoms in total. The lowest BCUT2D eigenvalue weighted by atomic mass is 9.88. The number of aromatic amines is 1. The molecule has 21 heavy (non-hydrogen) atoms. The van der Waals surface area contributed by atoms with E-state index < -0.39 is 0 Å². The smallest absolute Gasteiger partial charge is 0.223 e. The van der Waals surface area contributed by atoms with E-state index in [1.54, 1.807) is 0 Å². The van der Waals surface area contributed by atoms with Crippen LogP contribution in [0.3, 0.4) is 0 Å². The highest BCUT2D eigenvalue weighted by molar-refractivity contribution is 9.10. The number of benzene rings is 1. The third kappa shape index (κ3) is 2.46. The molecule has 6 heteroatoms. The Kier molecular flexibility index (Phi) is 3.23. The minimum Gasteiger partial charge on any atom is -0.355 e. The second kappa shape index (κ2) is 5.10. The number of nitrogens with one attached hydrogen (secondary N) is 2. The molecule has 110 valence electrons. The number of halogens is 1. The molecule has 0 unspecified atom stereocenters. The zero-order valence-electron chi connectivity index (χ0n) is 11.6. The quantitative estimate of drug-likeness (QED) is 0.871. The molecule has 3 heterocycles. The number of carbonyl (C=O) groups is 1. The van der Waals surface area contributed by atoms with Crippen molar-refractivity contribution in [2.45, 2.75) is 13.0 Å². The Labute approximate surface area is 131 Å². The number of hydrogen-bond acceptors (Lipinski definition) is 3. The Morgan fingerprint density at radius 1 is 1.43 bits per heavy atom. The van der Waals surface area contributed by atoms with Gasteiger partial charge in [0.25, 0.3) is 0 Å². The van der Waals surface area contributed by atoms with Crippen molar-refractivity contribution in [3.05, 3.63) is 28.5 Å². The fraction of sp³-hybridized carbons (Fsp3) is 0.467. The van der Waals surface area contributed by atoms with Gasteiger partial charge in [0.15, 0.2) is 0 Å². The van der Waals surface area contributed by atoms with Crippen molar-refractivity contribution >= 4 is 32.9 Å². The zero-order chi connectivity index (χ0) is 14.4. The van der Waals surface area contributed by atoms with Gasteiger partial charge < -0.3 is 10.3 Å². The second-order valence-electron chi connectivity index (χ2n) is 5.98. The average Bonchev–Trinajstić information content (AvgIpc) is 3.02. The highest BCUT2D eigenvalue weighted by Gasteiger charge is 2.38. The Morgan fingerprint density at radius 2 is 2.33 bits per heavy atom. The van der Waals surface area contributed by atoms with Gasteiger partial charge in [0.05, 0.1) is 17.6 Å². The van der Waals surface area contributed by atoms with Crippen molar-refractivity contribution in [2.75, 3.05) is 19.6 Å². The van der Waals surface area contributed by atoms with Crippen LogP contribution in [0.1, 0.15) is 12.2 Å². The normalized spacial score (nSPS) is 26.0. The number of fused-ring (bicyclic) bond motifs is 2. The number of imidazole rings is 1. The largest absolute Gasteiger partial charge is 0.355 e. The topological polar surface area (TPSA) is 61.0 Å². The fourth-order valence-electron chi connectivity index (χ4n) is 3.49. The maximum absolute atomic E-state index is 11.7. The summed E-state index contributed by atoms with van der Waals surface area (Å²) in [5, 5.41) is 2.98. The molecule has 2 aliphatic heterocycles. The average molecular weight is 349 g/mol. The van der Waals surface area contributed by atoms with Crippen LogP contribution in [0.15, 0.2) is 22.7 Å². The minimum atomic E-state index is 0.230. The first-order valence-electron chi connectivity index (χ1n) is 7.33. The maximum Gasteiger partial charge on any atom is 0.223 e. The predicted octanol–water partition coefficient (Wildman–Crippen LogP) is 1.89. The summed E-state index contributed by atoms with van der Waals surface area (Å²) in [6.45, 7) is 3.59. The van der Waals surface area contributed by atoms with E-state index in [-0.39, 0.29) is 11.8 Å². The first-order valence-corrected chi connectivity index (χ1v) is 8.12. The number of hydrogen-bond donors (Lipinski definition) is 2. The van der Waals surface area contributed by atoms with Crippen LogP contribution in [0.4, 0.5) is 0 Å². The number of nitrogens with zero attached hydrogens (tertiary/aromatic N) is 2. The van der Waals surface area contributed by atoms with Crippen LogP contribution in [-0.2, 0) is 11.3 Å². The van der Waals surface area contributed by atoms with E-state index in [9.17, 15) is 4.79 Å². The van der Waals surface area contributed by atoms with Crippen LogP contribution in [0, 0.1) is 11.8 Å². The van der Waals surface area contributed by atoms with Crippen molar-refractivity contribution in [1.82, 2.24) is 20.2 Å². The van der Waals surface area contributed by atoms with E-state index in [0.717, 1.165) is 53.9 Å². The Balaban J connectivity index is 1.49. The van der Waals surface area contributed by atoms with Crippen molar-refractivity contribution in [3.63, 3.8) is 0 Å². The minimum absolute atomic E-state index is 0.230. The zero-order valence-corrected chi connectivity index (χ0v) is 13.2. The number of rotatable bonds is 2. The van der Waals surface area contributed by atoms with Crippen molar-refractivity contribution in [1.29, 1.82) is 0 Å². The molecule has 0 bridgehead atoms. The molecule has 0 spiro atoms. The summed E-state index contributed by atoms with van der Waals surface area (Å²) >= 11 is 3.48. The van der Waals surface area contributed by atoms with E-state index in [1.165, 1.54) is 0 Å². The van der Waals surface area contributed by atoms with Crippen molar-refractivity contribution in [3.8, 4) is 0 Å². The Morgan fingerprint density at radius 3 is 3.24 bits per heavy atom. The van der Waals surface area contributed by atoms with Gasteiger partial charge in [0.1, 0.15) is 5.82 Å². The van der Waals surface area contributed by atoms with E-state index in [2.05, 4.69) is 42.2 Å². The monoisotopic (exact) mass is 348 g/mol. The third-order valence-corrected chi connectivity index (χ3v) is 5.05. The predicted molar refractivity (Wildman–Crippen MR) is 83.7 cm³/mol. The van der Waals surface area contributed by atoms with Crippen molar-refractivity contribution in [2.24, 2.45) is 11.8 Å². The van der Waals surface area contributed by atoms with E-state index >= 15 is 0 Å². The van der Waals surface area contributed by atoms with Gasteiger partial charge >= 0.3 is 0 Å². The van der Waals surface area contributed by atoms with E-state index in [0.29, 0.717) is 5.92 Å². The summed E-state index contributed by atoms with van der Waals surface area (Å²) in [6, 6.07) is 6.08. The van der Waals surface area contributed by atoms with Gasteiger partial charge in [-0.3, -0.25) is 9.69 Å². The van der Waals surface area contributed by atoms with E-state index in [1.807, 2.05) is 12.1 Å². The van der Waals surface area contributed by atoms with Crippen LogP contribution in [0.25, 0.3) is 11.0 Å². The highest BCUT2D eigenvalue weighted by atomic mass is 79.9. The molecule has 2 atom stereocenters. The number of H-pyrrole nitrogens is 1. The van der Waals surface area contributed by atoms with Gasteiger partial charge in [-0.2, -0.15) is 0 Å². The van der Waals surface area contributed by atoms with E-state index in [4.69, 9.17) is 0 Å². The molecule has 0 radical (unpaired) electrons.